The molecule has 0 atom stereocenters. The number of alkyl halides is 1. The zero-order chi connectivity index (χ0) is 11.4. The van der Waals surface area contributed by atoms with E-state index in [0.717, 1.165) is 32.9 Å². The topological polar surface area (TPSA) is 17.1 Å². The fourth-order valence-corrected chi connectivity index (χ4v) is 2.67. The lowest BCUT2D eigenvalue weighted by molar-refractivity contribution is 0.0981. The van der Waals surface area contributed by atoms with E-state index in [2.05, 4.69) is 31.9 Å². The van der Waals surface area contributed by atoms with Crippen LogP contribution in [-0.4, -0.2) is 11.1 Å². The van der Waals surface area contributed by atoms with Crippen LogP contribution < -0.4 is 0 Å². The van der Waals surface area contributed by atoms with Crippen LogP contribution in [-0.2, 0) is 0 Å². The van der Waals surface area contributed by atoms with E-state index in [1.807, 2.05) is 26.0 Å². The summed E-state index contributed by atoms with van der Waals surface area (Å²) >= 11 is 6.77. The van der Waals surface area contributed by atoms with Gasteiger partial charge in [0.2, 0.25) is 0 Å². The predicted octanol–water partition coefficient (Wildman–Crippen LogP) is 4.42. The van der Waals surface area contributed by atoms with E-state index < -0.39 is 0 Å². The Kier molecular flexibility index (Phi) is 5.00. The molecular formula is C12H14Br2O. The van der Waals surface area contributed by atoms with Gasteiger partial charge in [0.25, 0.3) is 0 Å². The molecule has 1 aromatic rings. The first kappa shape index (κ1) is 12.9. The Morgan fingerprint density at radius 3 is 2.27 bits per heavy atom. The number of benzene rings is 1. The molecule has 0 fully saturated rings. The van der Waals surface area contributed by atoms with Gasteiger partial charge in [0.1, 0.15) is 0 Å². The van der Waals surface area contributed by atoms with Crippen molar-refractivity contribution in [2.75, 3.05) is 5.33 Å². The van der Waals surface area contributed by atoms with Crippen molar-refractivity contribution in [2.24, 2.45) is 0 Å². The van der Waals surface area contributed by atoms with Gasteiger partial charge in [0.15, 0.2) is 5.78 Å². The molecule has 0 aliphatic heterocycles. The van der Waals surface area contributed by atoms with E-state index in [4.69, 9.17) is 0 Å². The van der Waals surface area contributed by atoms with E-state index in [9.17, 15) is 4.79 Å². The minimum absolute atomic E-state index is 0.247. The van der Waals surface area contributed by atoms with Crippen LogP contribution in [0.5, 0.6) is 0 Å². The smallest absolute Gasteiger partial charge is 0.163 e. The molecule has 0 bridgehead atoms. The zero-order valence-corrected chi connectivity index (χ0v) is 12.1. The lowest BCUT2D eigenvalue weighted by Crippen LogP contribution is -2.04. The highest BCUT2D eigenvalue weighted by atomic mass is 79.9. The van der Waals surface area contributed by atoms with E-state index in [1.165, 1.54) is 0 Å². The first-order valence-corrected chi connectivity index (χ1v) is 6.83. The van der Waals surface area contributed by atoms with Crippen LogP contribution in [0.1, 0.15) is 34.3 Å². The van der Waals surface area contributed by atoms with Gasteiger partial charge in [-0.25, -0.2) is 0 Å². The lowest BCUT2D eigenvalue weighted by atomic mass is 9.97. The standard InChI is InChI=1S/C12H14Br2O/c1-8-6-10(14)7-9(2)12(8)11(15)4-3-5-13/h6-7H,3-5H2,1-2H3. The Morgan fingerprint density at radius 2 is 1.80 bits per heavy atom. The van der Waals surface area contributed by atoms with Crippen LogP contribution in [0.25, 0.3) is 0 Å². The molecule has 1 nitrogen and oxygen atoms in total. The first-order valence-electron chi connectivity index (χ1n) is 4.92. The van der Waals surface area contributed by atoms with Gasteiger partial charge >= 0.3 is 0 Å². The number of rotatable bonds is 4. The fourth-order valence-electron chi connectivity index (χ4n) is 1.70. The van der Waals surface area contributed by atoms with Crippen LogP contribution in [0.15, 0.2) is 16.6 Å². The summed E-state index contributed by atoms with van der Waals surface area (Å²) in [6.07, 6.45) is 1.52. The number of carbonyl (C=O) groups is 1. The van der Waals surface area contributed by atoms with Crippen molar-refractivity contribution in [1.29, 1.82) is 0 Å². The third-order valence-electron chi connectivity index (χ3n) is 2.31. The molecule has 0 saturated heterocycles. The SMILES string of the molecule is Cc1cc(Br)cc(C)c1C(=O)CCCBr. The number of aryl methyl sites for hydroxylation is 2. The van der Waals surface area contributed by atoms with Crippen molar-refractivity contribution in [2.45, 2.75) is 26.7 Å². The third-order valence-corrected chi connectivity index (χ3v) is 3.33. The number of carbonyl (C=O) groups excluding carboxylic acids is 1. The second-order valence-electron chi connectivity index (χ2n) is 3.63. The zero-order valence-electron chi connectivity index (χ0n) is 8.94. The minimum Gasteiger partial charge on any atom is -0.294 e. The van der Waals surface area contributed by atoms with Crippen LogP contribution in [0.3, 0.4) is 0 Å². The molecular weight excluding hydrogens is 320 g/mol. The predicted molar refractivity (Wildman–Crippen MR) is 71.0 cm³/mol. The third kappa shape index (κ3) is 3.42. The van der Waals surface area contributed by atoms with Gasteiger partial charge in [-0.15, -0.1) is 0 Å². The molecule has 3 heteroatoms. The van der Waals surface area contributed by atoms with Gasteiger partial charge < -0.3 is 0 Å². The summed E-state index contributed by atoms with van der Waals surface area (Å²) in [5.74, 6) is 0.247. The molecule has 82 valence electrons. The molecule has 0 aliphatic carbocycles. The monoisotopic (exact) mass is 332 g/mol. The fraction of sp³-hybridized carbons (Fsp3) is 0.417. The molecule has 1 rings (SSSR count). The van der Waals surface area contributed by atoms with E-state index >= 15 is 0 Å². The number of ketones is 1. The summed E-state index contributed by atoms with van der Waals surface area (Å²) in [5, 5.41) is 0.882. The average Bonchev–Trinajstić information content (AvgIpc) is 2.12. The molecule has 15 heavy (non-hydrogen) atoms. The summed E-state index contributed by atoms with van der Waals surface area (Å²) in [6, 6.07) is 3.99. The lowest BCUT2D eigenvalue weighted by Gasteiger charge is -2.09. The van der Waals surface area contributed by atoms with Crippen molar-refractivity contribution < 1.29 is 4.79 Å². The van der Waals surface area contributed by atoms with Gasteiger partial charge in [-0.2, -0.15) is 0 Å². The van der Waals surface area contributed by atoms with Crippen LogP contribution in [0.2, 0.25) is 0 Å². The van der Waals surface area contributed by atoms with Gasteiger partial charge in [0, 0.05) is 21.8 Å². The number of halogens is 2. The molecule has 0 aliphatic rings. The number of hydrogen-bond acceptors (Lipinski definition) is 1. The van der Waals surface area contributed by atoms with Crippen LogP contribution in [0, 0.1) is 13.8 Å². The van der Waals surface area contributed by atoms with Gasteiger partial charge in [0.05, 0.1) is 0 Å². The van der Waals surface area contributed by atoms with Gasteiger partial charge in [-0.05, 0) is 43.5 Å². The Labute approximate surface area is 108 Å². The number of hydrogen-bond donors (Lipinski definition) is 0. The van der Waals surface area contributed by atoms with Crippen molar-refractivity contribution in [3.8, 4) is 0 Å². The van der Waals surface area contributed by atoms with E-state index in [-0.39, 0.29) is 5.78 Å². The quantitative estimate of drug-likeness (QED) is 0.588. The van der Waals surface area contributed by atoms with Crippen molar-refractivity contribution in [3.63, 3.8) is 0 Å². The molecule has 0 radical (unpaired) electrons. The maximum Gasteiger partial charge on any atom is 0.163 e. The molecule has 0 aromatic heterocycles. The highest BCUT2D eigenvalue weighted by molar-refractivity contribution is 9.10. The molecule has 0 saturated carbocycles. The largest absolute Gasteiger partial charge is 0.294 e. The Balaban J connectivity index is 2.98. The maximum atomic E-state index is 11.9. The van der Waals surface area contributed by atoms with Crippen LogP contribution >= 0.6 is 31.9 Å². The molecule has 0 N–H and O–H groups in total. The molecule has 0 spiro atoms. The summed E-state index contributed by atoms with van der Waals surface area (Å²) in [5.41, 5.74) is 3.00. The Bertz CT molecular complexity index is 349. The van der Waals surface area contributed by atoms with Gasteiger partial charge in [-0.1, -0.05) is 31.9 Å². The second-order valence-corrected chi connectivity index (χ2v) is 5.34. The Hall–Kier alpha value is -0.150. The van der Waals surface area contributed by atoms with Crippen LogP contribution in [0.4, 0.5) is 0 Å². The highest BCUT2D eigenvalue weighted by Crippen LogP contribution is 2.22. The van der Waals surface area contributed by atoms with Crippen molar-refractivity contribution in [3.05, 3.63) is 33.3 Å². The highest BCUT2D eigenvalue weighted by Gasteiger charge is 2.12. The van der Waals surface area contributed by atoms with Crippen molar-refractivity contribution >= 4 is 37.6 Å². The summed E-state index contributed by atoms with van der Waals surface area (Å²) in [4.78, 5) is 11.9. The van der Waals surface area contributed by atoms with E-state index in [1.54, 1.807) is 0 Å². The molecule has 0 heterocycles. The van der Waals surface area contributed by atoms with E-state index in [0.29, 0.717) is 6.42 Å². The minimum atomic E-state index is 0.247. The summed E-state index contributed by atoms with van der Waals surface area (Å²) < 4.78 is 1.04. The second kappa shape index (κ2) is 5.80. The summed E-state index contributed by atoms with van der Waals surface area (Å²) in [7, 11) is 0. The molecule has 0 amide bonds. The Morgan fingerprint density at radius 1 is 1.27 bits per heavy atom. The first-order chi connectivity index (χ1) is 7.06. The van der Waals surface area contributed by atoms with Gasteiger partial charge in [-0.3, -0.25) is 4.79 Å². The maximum absolute atomic E-state index is 11.9. The van der Waals surface area contributed by atoms with Crippen molar-refractivity contribution in [1.82, 2.24) is 0 Å². The summed E-state index contributed by atoms with van der Waals surface area (Å²) in [6.45, 7) is 3.97. The normalized spacial score (nSPS) is 10.4. The average molecular weight is 334 g/mol. The molecule has 0 unspecified atom stereocenters. The molecule has 1 aromatic carbocycles. The number of Topliss-reactive ketones (excluding diaryl/α,β-unsaturated/α-hetero) is 1.